The van der Waals surface area contributed by atoms with Crippen LogP contribution in [0.5, 0.6) is 0 Å². The normalized spacial score (nSPS) is 14.9. The molecule has 6 nitrogen and oxygen atoms in total. The summed E-state index contributed by atoms with van der Waals surface area (Å²) in [6.45, 7) is 9.66. The summed E-state index contributed by atoms with van der Waals surface area (Å²) in [5, 5.41) is 0. The highest BCUT2D eigenvalue weighted by Crippen LogP contribution is 2.22. The van der Waals surface area contributed by atoms with E-state index in [9.17, 15) is 18.8 Å². The molecule has 1 aliphatic rings. The van der Waals surface area contributed by atoms with E-state index in [1.54, 1.807) is 4.90 Å². The van der Waals surface area contributed by atoms with Gasteiger partial charge in [0, 0.05) is 18.2 Å². The SMILES string of the molecule is CC(C)N(CC(=O)N1CC(=O)N(c2ccc(F)cc2)C1)C(=O)CC(C)(C)C. The second kappa shape index (κ2) is 8.06. The van der Waals surface area contributed by atoms with E-state index in [0.717, 1.165) is 0 Å². The Balaban J connectivity index is 2.05. The van der Waals surface area contributed by atoms with E-state index in [1.807, 2.05) is 34.6 Å². The molecule has 148 valence electrons. The first-order valence-corrected chi connectivity index (χ1v) is 9.11. The van der Waals surface area contributed by atoms with Gasteiger partial charge in [0.05, 0.1) is 0 Å². The van der Waals surface area contributed by atoms with Crippen molar-refractivity contribution in [1.82, 2.24) is 9.80 Å². The van der Waals surface area contributed by atoms with Crippen molar-refractivity contribution in [2.24, 2.45) is 5.41 Å². The van der Waals surface area contributed by atoms with Crippen molar-refractivity contribution in [1.29, 1.82) is 0 Å². The Bertz CT molecular complexity index is 710. The lowest BCUT2D eigenvalue weighted by Crippen LogP contribution is -2.46. The molecule has 0 aromatic heterocycles. The first kappa shape index (κ1) is 20.9. The lowest BCUT2D eigenvalue weighted by atomic mass is 9.91. The maximum Gasteiger partial charge on any atom is 0.248 e. The van der Waals surface area contributed by atoms with Crippen molar-refractivity contribution < 1.29 is 18.8 Å². The van der Waals surface area contributed by atoms with E-state index in [-0.39, 0.29) is 54.8 Å². The average Bonchev–Trinajstić information content (AvgIpc) is 2.93. The molecule has 1 fully saturated rings. The molecule has 1 aromatic carbocycles. The Labute approximate surface area is 159 Å². The molecule has 7 heteroatoms. The van der Waals surface area contributed by atoms with Gasteiger partial charge in [0.2, 0.25) is 17.7 Å². The molecule has 1 aliphatic heterocycles. The summed E-state index contributed by atoms with van der Waals surface area (Å²) in [6.07, 6.45) is 0.346. The Hall–Kier alpha value is -2.44. The van der Waals surface area contributed by atoms with Crippen LogP contribution in [-0.4, -0.2) is 53.3 Å². The first-order chi connectivity index (χ1) is 12.5. The van der Waals surface area contributed by atoms with Crippen LogP contribution in [0.4, 0.5) is 10.1 Å². The Morgan fingerprint density at radius 1 is 1.19 bits per heavy atom. The minimum atomic E-state index is -0.386. The van der Waals surface area contributed by atoms with Crippen molar-refractivity contribution in [2.75, 3.05) is 24.7 Å². The van der Waals surface area contributed by atoms with Crippen LogP contribution in [0.1, 0.15) is 41.0 Å². The zero-order valence-corrected chi connectivity index (χ0v) is 16.7. The number of anilines is 1. The van der Waals surface area contributed by atoms with Gasteiger partial charge in [-0.25, -0.2) is 4.39 Å². The van der Waals surface area contributed by atoms with Crippen LogP contribution in [0.2, 0.25) is 0 Å². The molecule has 1 heterocycles. The number of nitrogens with zero attached hydrogens (tertiary/aromatic N) is 3. The van der Waals surface area contributed by atoms with Gasteiger partial charge in [-0.05, 0) is 43.5 Å². The van der Waals surface area contributed by atoms with Crippen LogP contribution in [0, 0.1) is 11.2 Å². The van der Waals surface area contributed by atoms with Gasteiger partial charge in [0.15, 0.2) is 0 Å². The molecule has 27 heavy (non-hydrogen) atoms. The number of carbonyl (C=O) groups excluding carboxylic acids is 3. The van der Waals surface area contributed by atoms with Gasteiger partial charge in [0.25, 0.3) is 0 Å². The molecule has 0 spiro atoms. The van der Waals surface area contributed by atoms with Crippen molar-refractivity contribution in [2.45, 2.75) is 47.1 Å². The highest BCUT2D eigenvalue weighted by atomic mass is 19.1. The molecule has 0 saturated carbocycles. The predicted octanol–water partition coefficient (Wildman–Crippen LogP) is 2.63. The highest BCUT2D eigenvalue weighted by molar-refractivity contribution is 6.00. The summed E-state index contributed by atoms with van der Waals surface area (Å²) >= 11 is 0. The molecule has 0 atom stereocenters. The van der Waals surface area contributed by atoms with Crippen molar-refractivity contribution in [3.63, 3.8) is 0 Å². The fourth-order valence-electron chi connectivity index (χ4n) is 2.92. The quantitative estimate of drug-likeness (QED) is 0.793. The largest absolute Gasteiger partial charge is 0.331 e. The molecule has 1 saturated heterocycles. The second-order valence-corrected chi connectivity index (χ2v) is 8.38. The molecular weight excluding hydrogens is 349 g/mol. The third kappa shape index (κ3) is 5.52. The van der Waals surface area contributed by atoms with E-state index in [1.165, 1.54) is 34.1 Å². The molecule has 2 rings (SSSR count). The Morgan fingerprint density at radius 3 is 2.30 bits per heavy atom. The minimum absolute atomic E-state index is 0.0460. The third-order valence-electron chi connectivity index (χ3n) is 4.36. The Kier molecular flexibility index (Phi) is 6.23. The smallest absolute Gasteiger partial charge is 0.248 e. The van der Waals surface area contributed by atoms with Crippen molar-refractivity contribution in [3.8, 4) is 0 Å². The van der Waals surface area contributed by atoms with Crippen LogP contribution in [0.15, 0.2) is 24.3 Å². The summed E-state index contributed by atoms with van der Waals surface area (Å²) in [5.41, 5.74) is 0.372. The topological polar surface area (TPSA) is 60.9 Å². The van der Waals surface area contributed by atoms with E-state index in [4.69, 9.17) is 0 Å². The zero-order chi connectivity index (χ0) is 20.4. The highest BCUT2D eigenvalue weighted by Gasteiger charge is 2.34. The number of carbonyl (C=O) groups is 3. The second-order valence-electron chi connectivity index (χ2n) is 8.38. The molecule has 0 N–H and O–H groups in total. The van der Waals surface area contributed by atoms with Gasteiger partial charge in [-0.1, -0.05) is 20.8 Å². The van der Waals surface area contributed by atoms with Gasteiger partial charge < -0.3 is 9.80 Å². The molecule has 0 radical (unpaired) electrons. The fraction of sp³-hybridized carbons (Fsp3) is 0.550. The van der Waals surface area contributed by atoms with Crippen LogP contribution >= 0.6 is 0 Å². The van der Waals surface area contributed by atoms with Crippen molar-refractivity contribution in [3.05, 3.63) is 30.1 Å². The summed E-state index contributed by atoms with van der Waals surface area (Å²) < 4.78 is 13.1. The molecule has 3 amide bonds. The summed E-state index contributed by atoms with van der Waals surface area (Å²) in [4.78, 5) is 42.0. The predicted molar refractivity (Wildman–Crippen MR) is 101 cm³/mol. The minimum Gasteiger partial charge on any atom is -0.331 e. The molecule has 1 aromatic rings. The van der Waals surface area contributed by atoms with Gasteiger partial charge in [0.1, 0.15) is 25.6 Å². The van der Waals surface area contributed by atoms with Gasteiger partial charge in [-0.15, -0.1) is 0 Å². The molecule has 0 aliphatic carbocycles. The molecular formula is C20H28FN3O3. The number of hydrogen-bond acceptors (Lipinski definition) is 3. The lowest BCUT2D eigenvalue weighted by molar-refractivity contribution is -0.142. The number of amides is 3. The first-order valence-electron chi connectivity index (χ1n) is 9.11. The van der Waals surface area contributed by atoms with Crippen LogP contribution in [0.25, 0.3) is 0 Å². The maximum absolute atomic E-state index is 13.1. The number of halogens is 1. The number of hydrogen-bond donors (Lipinski definition) is 0. The van der Waals surface area contributed by atoms with E-state index in [2.05, 4.69) is 0 Å². The summed E-state index contributed by atoms with van der Waals surface area (Å²) in [5.74, 6) is -0.967. The van der Waals surface area contributed by atoms with Crippen molar-refractivity contribution >= 4 is 23.4 Å². The third-order valence-corrected chi connectivity index (χ3v) is 4.36. The number of rotatable bonds is 5. The average molecular weight is 377 g/mol. The van der Waals surface area contributed by atoms with Crippen LogP contribution < -0.4 is 4.90 Å². The van der Waals surface area contributed by atoms with Crippen LogP contribution in [-0.2, 0) is 14.4 Å². The van der Waals surface area contributed by atoms with E-state index >= 15 is 0 Å². The van der Waals surface area contributed by atoms with Gasteiger partial charge >= 0.3 is 0 Å². The van der Waals surface area contributed by atoms with E-state index in [0.29, 0.717) is 12.1 Å². The number of benzene rings is 1. The zero-order valence-electron chi connectivity index (χ0n) is 16.7. The summed E-state index contributed by atoms with van der Waals surface area (Å²) in [7, 11) is 0. The van der Waals surface area contributed by atoms with E-state index < -0.39 is 0 Å². The fourth-order valence-corrected chi connectivity index (χ4v) is 2.92. The van der Waals surface area contributed by atoms with Crippen LogP contribution in [0.3, 0.4) is 0 Å². The van der Waals surface area contributed by atoms with Gasteiger partial charge in [-0.2, -0.15) is 0 Å². The summed E-state index contributed by atoms with van der Waals surface area (Å²) in [6, 6.07) is 5.45. The maximum atomic E-state index is 13.1. The standard InChI is InChI=1S/C20H28FN3O3/c1-14(2)23(17(25)10-20(3,4)5)12-18(26)22-11-19(27)24(13-22)16-8-6-15(21)7-9-16/h6-9,14H,10-13H2,1-5H3. The monoisotopic (exact) mass is 377 g/mol. The lowest BCUT2D eigenvalue weighted by Gasteiger charge is -2.30. The Morgan fingerprint density at radius 2 is 1.78 bits per heavy atom. The molecule has 0 unspecified atom stereocenters. The molecule has 0 bridgehead atoms. The van der Waals surface area contributed by atoms with Gasteiger partial charge in [-0.3, -0.25) is 19.3 Å².